The highest BCUT2D eigenvalue weighted by Crippen LogP contribution is 2.25. The fraction of sp³-hybridized carbons (Fsp3) is 0.500. The highest BCUT2D eigenvalue weighted by molar-refractivity contribution is 5.91. The predicted octanol–water partition coefficient (Wildman–Crippen LogP) is 3.53. The number of rotatable bonds is 7. The molecule has 2 amide bonds. The van der Waals surface area contributed by atoms with Crippen molar-refractivity contribution < 1.29 is 14.3 Å². The van der Waals surface area contributed by atoms with Gasteiger partial charge in [0, 0.05) is 13.2 Å². The van der Waals surface area contributed by atoms with Gasteiger partial charge in [-0.1, -0.05) is 38.1 Å². The van der Waals surface area contributed by atoms with E-state index in [-0.39, 0.29) is 12.1 Å². The maximum Gasteiger partial charge on any atom is 0.322 e. The summed E-state index contributed by atoms with van der Waals surface area (Å²) in [5, 5.41) is 2.96. The van der Waals surface area contributed by atoms with Gasteiger partial charge in [0.05, 0.1) is 18.3 Å². The van der Waals surface area contributed by atoms with E-state index in [9.17, 15) is 4.79 Å². The number of ether oxygens (including phenoxy) is 2. The zero-order valence-electron chi connectivity index (χ0n) is 14.1. The minimum absolute atomic E-state index is 0.102. The molecular weight excluding hydrogens is 292 g/mol. The molecule has 23 heavy (non-hydrogen) atoms. The average Bonchev–Trinajstić information content (AvgIpc) is 3.03. The first-order valence-electron chi connectivity index (χ1n) is 8.17. The quantitative estimate of drug-likeness (QED) is 0.618. The second-order valence-electron chi connectivity index (χ2n) is 5.79. The lowest BCUT2D eigenvalue weighted by Crippen LogP contribution is -2.41. The molecule has 0 aliphatic carbocycles. The van der Waals surface area contributed by atoms with Crippen molar-refractivity contribution in [3.05, 3.63) is 36.4 Å². The van der Waals surface area contributed by atoms with E-state index in [1.165, 1.54) is 0 Å². The fourth-order valence-corrected chi connectivity index (χ4v) is 2.58. The number of amides is 2. The Morgan fingerprint density at radius 3 is 2.87 bits per heavy atom. The lowest BCUT2D eigenvalue weighted by molar-refractivity contribution is 0.110. The van der Waals surface area contributed by atoms with Gasteiger partial charge in [0.1, 0.15) is 12.4 Å². The van der Waals surface area contributed by atoms with Gasteiger partial charge in [0.25, 0.3) is 0 Å². The summed E-state index contributed by atoms with van der Waals surface area (Å²) in [4.78, 5) is 14.4. The standard InChI is InChI=1S/C18H26N2O3/c1-4-22-12-13-23-17-10-6-5-8-15(17)19-18(21)20-11-7-9-16(20)14(2)3/h5-10,14,16H,4,11-13H2,1-3H3,(H,19,21)/t16-/m1/s1. The SMILES string of the molecule is CCOCCOc1ccccc1NC(=O)N1CC=C[C@@H]1C(C)C. The van der Waals surface area contributed by atoms with Gasteiger partial charge in [-0.2, -0.15) is 0 Å². The number of urea groups is 1. The third kappa shape index (κ3) is 4.73. The molecule has 5 nitrogen and oxygen atoms in total. The van der Waals surface area contributed by atoms with Crippen LogP contribution in [-0.4, -0.2) is 43.3 Å². The van der Waals surface area contributed by atoms with E-state index in [0.717, 1.165) is 0 Å². The molecule has 126 valence electrons. The van der Waals surface area contributed by atoms with Crippen LogP contribution in [-0.2, 0) is 4.74 Å². The number of nitrogens with zero attached hydrogens (tertiary/aromatic N) is 1. The highest BCUT2D eigenvalue weighted by atomic mass is 16.5. The molecule has 0 radical (unpaired) electrons. The summed E-state index contributed by atoms with van der Waals surface area (Å²) in [5.41, 5.74) is 0.684. The molecule has 0 saturated carbocycles. The highest BCUT2D eigenvalue weighted by Gasteiger charge is 2.27. The largest absolute Gasteiger partial charge is 0.489 e. The molecule has 1 N–H and O–H groups in total. The number of anilines is 1. The minimum atomic E-state index is -0.102. The molecule has 0 unspecified atom stereocenters. The average molecular weight is 318 g/mol. The van der Waals surface area contributed by atoms with Crippen LogP contribution >= 0.6 is 0 Å². The number of hydrogen-bond acceptors (Lipinski definition) is 3. The summed E-state index contributed by atoms with van der Waals surface area (Å²) >= 11 is 0. The molecule has 0 saturated heterocycles. The molecule has 1 atom stereocenters. The second-order valence-corrected chi connectivity index (χ2v) is 5.79. The third-order valence-electron chi connectivity index (χ3n) is 3.76. The maximum atomic E-state index is 12.6. The lowest BCUT2D eigenvalue weighted by atomic mass is 10.1. The van der Waals surface area contributed by atoms with Gasteiger partial charge in [0.15, 0.2) is 0 Å². The summed E-state index contributed by atoms with van der Waals surface area (Å²) in [6, 6.07) is 7.51. The Kier molecular flexibility index (Phi) is 6.47. The van der Waals surface area contributed by atoms with Crippen molar-refractivity contribution in [2.75, 3.05) is 31.7 Å². The van der Waals surface area contributed by atoms with Crippen molar-refractivity contribution in [1.82, 2.24) is 4.90 Å². The van der Waals surface area contributed by atoms with Gasteiger partial charge in [-0.05, 0) is 25.0 Å². The van der Waals surface area contributed by atoms with Crippen molar-refractivity contribution in [2.24, 2.45) is 5.92 Å². The summed E-state index contributed by atoms with van der Waals surface area (Å²) in [5.74, 6) is 1.05. The molecule has 0 fully saturated rings. The van der Waals surface area contributed by atoms with Crippen LogP contribution in [0, 0.1) is 5.92 Å². The molecule has 1 aromatic rings. The first-order chi connectivity index (χ1) is 11.1. The van der Waals surface area contributed by atoms with E-state index in [1.54, 1.807) is 0 Å². The summed E-state index contributed by atoms with van der Waals surface area (Å²) < 4.78 is 11.0. The topological polar surface area (TPSA) is 50.8 Å². The Hall–Kier alpha value is -2.01. The van der Waals surface area contributed by atoms with E-state index in [0.29, 0.717) is 43.7 Å². The van der Waals surface area contributed by atoms with Crippen LogP contribution in [0.15, 0.2) is 36.4 Å². The molecule has 1 aliphatic rings. The maximum absolute atomic E-state index is 12.6. The van der Waals surface area contributed by atoms with Crippen molar-refractivity contribution in [1.29, 1.82) is 0 Å². The number of carbonyl (C=O) groups excluding carboxylic acids is 1. The third-order valence-corrected chi connectivity index (χ3v) is 3.76. The first-order valence-corrected chi connectivity index (χ1v) is 8.17. The van der Waals surface area contributed by atoms with Crippen LogP contribution in [0.2, 0.25) is 0 Å². The molecular formula is C18H26N2O3. The molecule has 1 heterocycles. The molecule has 5 heteroatoms. The van der Waals surface area contributed by atoms with Gasteiger partial charge in [-0.25, -0.2) is 4.79 Å². The van der Waals surface area contributed by atoms with Crippen LogP contribution in [0.1, 0.15) is 20.8 Å². The van der Waals surface area contributed by atoms with E-state index >= 15 is 0 Å². The Morgan fingerprint density at radius 1 is 1.35 bits per heavy atom. The number of hydrogen-bond donors (Lipinski definition) is 1. The Balaban J connectivity index is 1.98. The minimum Gasteiger partial charge on any atom is -0.489 e. The van der Waals surface area contributed by atoms with Crippen LogP contribution in [0.4, 0.5) is 10.5 Å². The molecule has 0 aromatic heterocycles. The van der Waals surface area contributed by atoms with Crippen molar-refractivity contribution >= 4 is 11.7 Å². The zero-order chi connectivity index (χ0) is 16.7. The fourth-order valence-electron chi connectivity index (χ4n) is 2.58. The smallest absolute Gasteiger partial charge is 0.322 e. The van der Waals surface area contributed by atoms with Crippen molar-refractivity contribution in [2.45, 2.75) is 26.8 Å². The van der Waals surface area contributed by atoms with Gasteiger partial charge >= 0.3 is 6.03 Å². The second kappa shape index (κ2) is 8.58. The van der Waals surface area contributed by atoms with E-state index < -0.39 is 0 Å². The summed E-state index contributed by atoms with van der Waals surface area (Å²) in [7, 11) is 0. The van der Waals surface area contributed by atoms with Crippen molar-refractivity contribution in [3.63, 3.8) is 0 Å². The van der Waals surface area contributed by atoms with Gasteiger partial charge < -0.3 is 19.7 Å². The van der Waals surface area contributed by atoms with Gasteiger partial charge in [-0.15, -0.1) is 0 Å². The van der Waals surface area contributed by atoms with Crippen LogP contribution in [0.25, 0.3) is 0 Å². The zero-order valence-corrected chi connectivity index (χ0v) is 14.1. The number of para-hydroxylation sites is 2. The van der Waals surface area contributed by atoms with E-state index in [1.807, 2.05) is 42.2 Å². The summed E-state index contributed by atoms with van der Waals surface area (Å²) in [6.45, 7) is 8.48. The Morgan fingerprint density at radius 2 is 2.13 bits per heavy atom. The lowest BCUT2D eigenvalue weighted by Gasteiger charge is -2.28. The monoisotopic (exact) mass is 318 g/mol. The Labute approximate surface area is 138 Å². The molecule has 1 aromatic carbocycles. The summed E-state index contributed by atoms with van der Waals surface area (Å²) in [6.07, 6.45) is 4.13. The number of nitrogens with one attached hydrogen (secondary N) is 1. The van der Waals surface area contributed by atoms with E-state index in [2.05, 4.69) is 25.2 Å². The van der Waals surface area contributed by atoms with Crippen LogP contribution in [0.5, 0.6) is 5.75 Å². The van der Waals surface area contributed by atoms with E-state index in [4.69, 9.17) is 9.47 Å². The molecule has 1 aliphatic heterocycles. The first kappa shape index (κ1) is 17.3. The van der Waals surface area contributed by atoms with Gasteiger partial charge in [0.2, 0.25) is 0 Å². The Bertz CT molecular complexity index is 543. The number of carbonyl (C=O) groups is 1. The molecule has 0 spiro atoms. The van der Waals surface area contributed by atoms with Crippen LogP contribution in [0.3, 0.4) is 0 Å². The molecule has 2 rings (SSSR count). The van der Waals surface area contributed by atoms with Gasteiger partial charge in [-0.3, -0.25) is 0 Å². The van der Waals surface area contributed by atoms with Crippen LogP contribution < -0.4 is 10.1 Å². The number of benzene rings is 1. The van der Waals surface area contributed by atoms with Crippen molar-refractivity contribution in [3.8, 4) is 5.75 Å². The molecule has 0 bridgehead atoms. The predicted molar refractivity (Wildman–Crippen MR) is 91.9 cm³/mol. The normalized spacial score (nSPS) is 16.9.